The molecule has 5 aliphatic rings. The monoisotopic (exact) mass is 302 g/mol. The van der Waals surface area contributed by atoms with Crippen LogP contribution in [0, 0.1) is 23.2 Å². The van der Waals surface area contributed by atoms with Crippen molar-refractivity contribution in [2.45, 2.75) is 83.7 Å². The first-order valence-corrected chi connectivity index (χ1v) is 9.30. The first-order valence-electron chi connectivity index (χ1n) is 9.30. The van der Waals surface area contributed by atoms with Gasteiger partial charge in [0, 0.05) is 6.32 Å². The molecule has 3 heteroatoms. The van der Waals surface area contributed by atoms with E-state index in [2.05, 4.69) is 39.8 Å². The van der Waals surface area contributed by atoms with Gasteiger partial charge in [-0.25, -0.2) is 0 Å². The van der Waals surface area contributed by atoms with E-state index in [-0.39, 0.29) is 18.3 Å². The van der Waals surface area contributed by atoms with Gasteiger partial charge >= 0.3 is 7.12 Å². The molecular formula is C19H31BO2. The molecule has 2 nitrogen and oxygen atoms in total. The van der Waals surface area contributed by atoms with Gasteiger partial charge in [0.2, 0.25) is 0 Å². The van der Waals surface area contributed by atoms with Crippen LogP contribution in [-0.4, -0.2) is 18.3 Å². The second-order valence-electron chi connectivity index (χ2n) is 9.60. The predicted octanol–water partition coefficient (Wildman–Crippen LogP) is 4.85. The lowest BCUT2D eigenvalue weighted by atomic mass is 9.49. The number of allylic oxidation sites excluding steroid dienone is 2. The third kappa shape index (κ3) is 2.49. The molecule has 0 aromatic heterocycles. The third-order valence-electron chi connectivity index (χ3n) is 7.19. The molecule has 4 saturated carbocycles. The van der Waals surface area contributed by atoms with E-state index in [1.165, 1.54) is 38.5 Å². The van der Waals surface area contributed by atoms with Gasteiger partial charge in [-0.05, 0) is 89.4 Å². The average molecular weight is 302 g/mol. The summed E-state index contributed by atoms with van der Waals surface area (Å²) in [5, 5.41) is 0. The molecule has 4 aliphatic carbocycles. The van der Waals surface area contributed by atoms with E-state index in [1.807, 2.05) is 0 Å². The molecule has 0 spiro atoms. The summed E-state index contributed by atoms with van der Waals surface area (Å²) in [5.74, 6) is 3.06. The Labute approximate surface area is 136 Å². The van der Waals surface area contributed by atoms with Gasteiger partial charge in [0.1, 0.15) is 0 Å². The second kappa shape index (κ2) is 4.86. The standard InChI is InChI=1S/C19H31BO2/c1-17(2)18(3,4)22-20(21-17)7-5-6-19-11-14-8-15(12-19)10-16(9-14)13-19/h5-6,14-16H,7-13H2,1-4H3/b6-5+. The van der Waals surface area contributed by atoms with Crippen LogP contribution in [0.5, 0.6) is 0 Å². The maximum Gasteiger partial charge on any atom is 0.461 e. The van der Waals surface area contributed by atoms with Crippen LogP contribution in [0.2, 0.25) is 6.32 Å². The minimum atomic E-state index is -0.202. The summed E-state index contributed by atoms with van der Waals surface area (Å²) in [6.07, 6.45) is 14.7. The SMILES string of the molecule is CC1(C)OB(C/C=C/C23CC4CC(CC(C4)C2)C3)OC1(C)C. The fourth-order valence-corrected chi connectivity index (χ4v) is 5.87. The molecule has 0 radical (unpaired) electrons. The van der Waals surface area contributed by atoms with Crippen molar-refractivity contribution in [2.24, 2.45) is 23.2 Å². The van der Waals surface area contributed by atoms with Crippen molar-refractivity contribution >= 4 is 7.12 Å². The Balaban J connectivity index is 1.39. The number of hydrogen-bond acceptors (Lipinski definition) is 2. The van der Waals surface area contributed by atoms with Gasteiger partial charge in [0.05, 0.1) is 11.2 Å². The summed E-state index contributed by atoms with van der Waals surface area (Å²) >= 11 is 0. The maximum atomic E-state index is 6.11. The molecule has 0 aromatic carbocycles. The summed E-state index contributed by atoms with van der Waals surface area (Å²) in [4.78, 5) is 0. The number of hydrogen-bond donors (Lipinski definition) is 0. The summed E-state index contributed by atoms with van der Waals surface area (Å²) in [6, 6.07) is 0. The van der Waals surface area contributed by atoms with E-state index in [0.717, 1.165) is 24.1 Å². The Morgan fingerprint density at radius 1 is 0.864 bits per heavy atom. The smallest absolute Gasteiger partial charge is 0.403 e. The molecule has 0 N–H and O–H groups in total. The van der Waals surface area contributed by atoms with Gasteiger partial charge in [-0.2, -0.15) is 0 Å². The molecule has 0 atom stereocenters. The topological polar surface area (TPSA) is 18.5 Å². The van der Waals surface area contributed by atoms with E-state index < -0.39 is 0 Å². The highest BCUT2D eigenvalue weighted by Gasteiger charge is 2.51. The highest BCUT2D eigenvalue weighted by molar-refractivity contribution is 6.46. The van der Waals surface area contributed by atoms with Crippen molar-refractivity contribution in [3.05, 3.63) is 12.2 Å². The Bertz CT molecular complexity index is 429. The Kier molecular flexibility index (Phi) is 3.37. The van der Waals surface area contributed by atoms with Gasteiger partial charge in [-0.3, -0.25) is 0 Å². The summed E-state index contributed by atoms with van der Waals surface area (Å²) in [7, 11) is -0.0739. The molecule has 1 heterocycles. The molecule has 5 rings (SSSR count). The lowest BCUT2D eigenvalue weighted by molar-refractivity contribution is -0.0238. The fourth-order valence-electron chi connectivity index (χ4n) is 5.87. The molecule has 5 fully saturated rings. The van der Waals surface area contributed by atoms with Gasteiger partial charge < -0.3 is 9.31 Å². The zero-order valence-electron chi connectivity index (χ0n) is 14.7. The quantitative estimate of drug-likeness (QED) is 0.548. The maximum absolute atomic E-state index is 6.11. The summed E-state index contributed by atoms with van der Waals surface area (Å²) < 4.78 is 12.2. The Morgan fingerprint density at radius 2 is 1.32 bits per heavy atom. The van der Waals surface area contributed by atoms with Crippen LogP contribution in [0.4, 0.5) is 0 Å². The minimum Gasteiger partial charge on any atom is -0.403 e. The van der Waals surface area contributed by atoms with Gasteiger partial charge in [-0.1, -0.05) is 12.2 Å². The van der Waals surface area contributed by atoms with Crippen LogP contribution in [0.3, 0.4) is 0 Å². The predicted molar refractivity (Wildman–Crippen MR) is 90.6 cm³/mol. The van der Waals surface area contributed by atoms with Gasteiger partial charge in [-0.15, -0.1) is 0 Å². The lowest BCUT2D eigenvalue weighted by Crippen LogP contribution is -2.45. The van der Waals surface area contributed by atoms with Gasteiger partial charge in [0.25, 0.3) is 0 Å². The van der Waals surface area contributed by atoms with Crippen molar-refractivity contribution in [3.8, 4) is 0 Å². The van der Waals surface area contributed by atoms with Crippen molar-refractivity contribution in [1.29, 1.82) is 0 Å². The Morgan fingerprint density at radius 3 is 1.77 bits per heavy atom. The number of rotatable bonds is 3. The summed E-state index contributed by atoms with van der Waals surface area (Å²) in [6.45, 7) is 8.54. The highest BCUT2D eigenvalue weighted by atomic mass is 16.7. The fraction of sp³-hybridized carbons (Fsp3) is 0.895. The van der Waals surface area contributed by atoms with E-state index in [4.69, 9.17) is 9.31 Å². The van der Waals surface area contributed by atoms with E-state index >= 15 is 0 Å². The van der Waals surface area contributed by atoms with Crippen molar-refractivity contribution < 1.29 is 9.31 Å². The largest absolute Gasteiger partial charge is 0.461 e. The second-order valence-corrected chi connectivity index (χ2v) is 9.60. The van der Waals surface area contributed by atoms with Crippen LogP contribution in [-0.2, 0) is 9.31 Å². The van der Waals surface area contributed by atoms with Crippen LogP contribution in [0.1, 0.15) is 66.2 Å². The molecule has 0 aromatic rings. The zero-order chi connectivity index (χ0) is 15.6. The molecular weight excluding hydrogens is 271 g/mol. The van der Waals surface area contributed by atoms with Gasteiger partial charge in [0.15, 0.2) is 0 Å². The average Bonchev–Trinajstić information content (AvgIpc) is 2.55. The van der Waals surface area contributed by atoms with E-state index in [1.54, 1.807) is 0 Å². The van der Waals surface area contributed by atoms with Crippen LogP contribution in [0.15, 0.2) is 12.2 Å². The third-order valence-corrected chi connectivity index (χ3v) is 7.19. The minimum absolute atomic E-state index is 0.0739. The zero-order valence-corrected chi connectivity index (χ0v) is 14.7. The Hall–Kier alpha value is -0.275. The first-order chi connectivity index (χ1) is 10.3. The van der Waals surface area contributed by atoms with Crippen LogP contribution >= 0.6 is 0 Å². The van der Waals surface area contributed by atoms with Crippen molar-refractivity contribution in [3.63, 3.8) is 0 Å². The van der Waals surface area contributed by atoms with E-state index in [9.17, 15) is 0 Å². The summed E-state index contributed by atoms with van der Waals surface area (Å²) in [5.41, 5.74) is 0.122. The van der Waals surface area contributed by atoms with Crippen molar-refractivity contribution in [1.82, 2.24) is 0 Å². The molecule has 122 valence electrons. The molecule has 22 heavy (non-hydrogen) atoms. The van der Waals surface area contributed by atoms with Crippen molar-refractivity contribution in [2.75, 3.05) is 0 Å². The highest BCUT2D eigenvalue weighted by Crippen LogP contribution is 2.60. The van der Waals surface area contributed by atoms with Crippen LogP contribution < -0.4 is 0 Å². The molecule has 0 amide bonds. The molecule has 4 bridgehead atoms. The molecule has 0 unspecified atom stereocenters. The van der Waals surface area contributed by atoms with E-state index in [0.29, 0.717) is 5.41 Å². The normalized spacial score (nSPS) is 45.1. The first kappa shape index (κ1) is 15.3. The lowest BCUT2D eigenvalue weighted by Gasteiger charge is -2.56. The molecule has 1 aliphatic heterocycles. The molecule has 1 saturated heterocycles. The van der Waals surface area contributed by atoms with Crippen LogP contribution in [0.25, 0.3) is 0 Å².